The summed E-state index contributed by atoms with van der Waals surface area (Å²) in [6.07, 6.45) is 22.1. The van der Waals surface area contributed by atoms with Crippen molar-refractivity contribution in [2.75, 3.05) is 63.9 Å². The van der Waals surface area contributed by atoms with E-state index in [1.54, 1.807) is 24.3 Å². The Morgan fingerprint density at radius 1 is 0.538 bits per heavy atom. The number of carbonyl (C=O) groups excluding carboxylic acids is 2. The van der Waals surface area contributed by atoms with Gasteiger partial charge in [-0.05, 0) is 63.5 Å². The molecule has 0 bridgehead atoms. The Morgan fingerprint density at radius 3 is 0.938 bits per heavy atom. The Labute approximate surface area is 393 Å². The number of unbranched alkanes of at least 4 members (excludes halogenated alkanes) is 8. The summed E-state index contributed by atoms with van der Waals surface area (Å²) >= 11 is 0. The summed E-state index contributed by atoms with van der Waals surface area (Å²) in [6, 6.07) is 4.91. The van der Waals surface area contributed by atoms with Crippen LogP contribution in [0.25, 0.3) is 0 Å². The van der Waals surface area contributed by atoms with Crippen LogP contribution in [0.15, 0.2) is 24.3 Å². The predicted octanol–water partition coefficient (Wildman–Crippen LogP) is 8.20. The van der Waals surface area contributed by atoms with E-state index in [1.165, 1.54) is 164 Å². The zero-order valence-electron chi connectivity index (χ0n) is 41.5. The maximum atomic E-state index is 10.8. The first kappa shape index (κ1) is 66.3. The number of cyclic esters (lactones) is 2. The van der Waals surface area contributed by atoms with E-state index in [0.717, 1.165) is 6.92 Å². The van der Waals surface area contributed by atoms with E-state index in [4.69, 9.17) is 15.9 Å². The summed E-state index contributed by atoms with van der Waals surface area (Å²) in [7, 11) is -8.92. The molecule has 2 rings (SSSR count). The lowest BCUT2D eigenvalue weighted by Crippen LogP contribution is -2.50. The number of aliphatic carboxylic acids is 2. The third kappa shape index (κ3) is 34.9. The van der Waals surface area contributed by atoms with Crippen molar-refractivity contribution < 1.29 is 69.0 Å². The summed E-state index contributed by atoms with van der Waals surface area (Å²) in [5.74, 6) is -6.91. The summed E-state index contributed by atoms with van der Waals surface area (Å²) in [5.41, 5.74) is 5.44. The van der Waals surface area contributed by atoms with Gasteiger partial charge in [-0.25, -0.2) is 26.4 Å². The topological polar surface area (TPSA) is 258 Å². The molecule has 0 radical (unpaired) electrons. The lowest BCUT2D eigenvalue weighted by Gasteiger charge is -2.39. The average molecular weight is 968 g/mol. The molecule has 65 heavy (non-hydrogen) atoms. The first-order chi connectivity index (χ1) is 30.4. The first-order valence-corrected chi connectivity index (χ1v) is 27.2. The molecule has 382 valence electrons. The van der Waals surface area contributed by atoms with Crippen LogP contribution in [0, 0.1) is 5.92 Å². The summed E-state index contributed by atoms with van der Waals surface area (Å²) < 4.78 is 66.5. The van der Waals surface area contributed by atoms with E-state index in [0.29, 0.717) is 11.1 Å². The van der Waals surface area contributed by atoms with Crippen LogP contribution in [0.1, 0.15) is 186 Å². The average Bonchev–Trinajstić information content (AvgIpc) is 3.54. The van der Waals surface area contributed by atoms with Gasteiger partial charge in [0.2, 0.25) is 0 Å². The molecule has 4 N–H and O–H groups in total. The van der Waals surface area contributed by atoms with Crippen LogP contribution in [0.2, 0.25) is 0 Å². The van der Waals surface area contributed by atoms with Crippen molar-refractivity contribution in [2.24, 2.45) is 11.7 Å². The quantitative estimate of drug-likeness (QED) is 0.0284. The minimum atomic E-state index is -4.52. The van der Waals surface area contributed by atoms with E-state index in [1.807, 2.05) is 0 Å². The molecule has 18 heteroatoms. The molecule has 16 nitrogen and oxygen atoms in total. The highest BCUT2D eigenvalue weighted by atomic mass is 32.2. The van der Waals surface area contributed by atoms with E-state index < -0.39 is 67.6 Å². The van der Waals surface area contributed by atoms with Crippen molar-refractivity contribution in [1.82, 2.24) is 0 Å². The number of carboxylic acid groups (broad SMARTS) is 2. The van der Waals surface area contributed by atoms with Crippen LogP contribution in [0.3, 0.4) is 0 Å². The molecule has 0 spiro atoms. The van der Waals surface area contributed by atoms with Crippen LogP contribution in [-0.4, -0.2) is 139 Å². The lowest BCUT2D eigenvalue weighted by atomic mass is 10.1. The molecule has 1 aliphatic heterocycles. The molecule has 0 aromatic heterocycles. The molecule has 0 amide bonds. The first-order valence-electron chi connectivity index (χ1n) is 24.1. The van der Waals surface area contributed by atoms with E-state index in [2.05, 4.69) is 60.1 Å². The fourth-order valence-electron chi connectivity index (χ4n) is 6.99. The number of nitrogens with two attached hydrogens (primary N) is 1. The normalized spacial score (nSPS) is 13.2. The van der Waals surface area contributed by atoms with Crippen LogP contribution in [0.4, 0.5) is 0 Å². The van der Waals surface area contributed by atoms with Crippen molar-refractivity contribution in [3.05, 3.63) is 35.4 Å². The number of carbonyl (C=O) groups is 4. The van der Waals surface area contributed by atoms with Crippen molar-refractivity contribution >= 4 is 44.1 Å². The largest absolute Gasteiger partial charge is 0.748 e. The van der Waals surface area contributed by atoms with E-state index in [9.17, 15) is 45.1 Å². The molecule has 1 heterocycles. The number of quaternary nitrogens is 2. The maximum absolute atomic E-state index is 10.8. The fraction of sp³-hybridized carbons (Fsp3) is 0.787. The van der Waals surface area contributed by atoms with Gasteiger partial charge in [0.25, 0.3) is 0 Å². The van der Waals surface area contributed by atoms with Crippen molar-refractivity contribution in [3.63, 3.8) is 0 Å². The third-order valence-corrected chi connectivity index (χ3v) is 12.7. The van der Waals surface area contributed by atoms with Crippen LogP contribution >= 0.6 is 0 Å². The predicted molar refractivity (Wildman–Crippen MR) is 256 cm³/mol. The zero-order valence-corrected chi connectivity index (χ0v) is 43.2. The summed E-state index contributed by atoms with van der Waals surface area (Å²) in [6.45, 7) is 31.2. The number of rotatable bonds is 30. The minimum absolute atomic E-state index is 0.359. The van der Waals surface area contributed by atoms with Crippen LogP contribution in [-0.2, 0) is 34.6 Å². The number of ether oxygens (including phenoxy) is 1. The van der Waals surface area contributed by atoms with Gasteiger partial charge >= 0.3 is 23.9 Å². The van der Waals surface area contributed by atoms with Gasteiger partial charge in [-0.15, -0.1) is 0 Å². The van der Waals surface area contributed by atoms with Gasteiger partial charge in [-0.1, -0.05) is 126 Å². The van der Waals surface area contributed by atoms with Crippen molar-refractivity contribution in [3.8, 4) is 0 Å². The Balaban J connectivity index is -0.000000754. The van der Waals surface area contributed by atoms with E-state index in [-0.39, 0.29) is 0 Å². The van der Waals surface area contributed by atoms with E-state index >= 15 is 0 Å². The molecule has 1 aromatic carbocycles. The minimum Gasteiger partial charge on any atom is -0.748 e. The van der Waals surface area contributed by atoms with Gasteiger partial charge in [0.1, 0.15) is 6.04 Å². The number of esters is 2. The van der Waals surface area contributed by atoms with Crippen molar-refractivity contribution in [1.29, 1.82) is 0 Å². The van der Waals surface area contributed by atoms with Crippen molar-refractivity contribution in [2.45, 2.75) is 171 Å². The SMILES string of the molecule is CC(CS(=O)(=O)[O-])C(=O)O.CCCC[N+](CCCC)(CCCC)CCCC.CCCC[N+](CCCC)(CCCC)CCCC.NC(CS(=O)(=O)[O-])C(=O)O.O=C1OC(=O)c2ccccc21. The summed E-state index contributed by atoms with van der Waals surface area (Å²) in [5, 5.41) is 16.2. The van der Waals surface area contributed by atoms with Gasteiger partial charge in [-0.2, -0.15) is 0 Å². The van der Waals surface area contributed by atoms with Gasteiger partial charge < -0.3 is 38.8 Å². The van der Waals surface area contributed by atoms with Gasteiger partial charge in [0.15, 0.2) is 0 Å². The molecule has 0 aliphatic carbocycles. The second-order valence-electron chi connectivity index (χ2n) is 17.2. The highest BCUT2D eigenvalue weighted by Gasteiger charge is 2.29. The second-order valence-corrected chi connectivity index (χ2v) is 20.1. The number of hydrogen-bond acceptors (Lipinski definition) is 12. The van der Waals surface area contributed by atoms with Gasteiger partial charge in [0.05, 0.1) is 101 Å². The maximum Gasteiger partial charge on any atom is 0.346 e. The molecule has 0 fully saturated rings. The lowest BCUT2D eigenvalue weighted by molar-refractivity contribution is -0.929. The Bertz CT molecular complexity index is 1460. The smallest absolute Gasteiger partial charge is 0.346 e. The number of nitrogens with zero attached hydrogens (tertiary/aromatic N) is 2. The highest BCUT2D eigenvalue weighted by molar-refractivity contribution is 7.86. The molecule has 0 saturated carbocycles. The second kappa shape index (κ2) is 38.0. The van der Waals surface area contributed by atoms with Gasteiger partial charge in [-0.3, -0.25) is 9.59 Å². The zero-order chi connectivity index (χ0) is 50.5. The third-order valence-electron chi connectivity index (χ3n) is 11.0. The fourth-order valence-corrected chi connectivity index (χ4v) is 8.33. The molecular weight excluding hydrogens is 879 g/mol. The van der Waals surface area contributed by atoms with Crippen LogP contribution < -0.4 is 5.73 Å². The standard InChI is InChI=1S/2C16H36N.C8H4O3.C4H8O5S.C3H7NO5S/c2*1-5-9-13-17(14-10-6-2,15-11-7-3)16-12-8-4;9-7-5-3-1-2-4-6(5)8(10)11-7;1-3(4(5)6)2-10(7,8)9;4-2(3(5)6)1-10(7,8)9/h2*5-16H2,1-4H3;1-4H;3H,2H2,1H3,(H,5,6)(H,7,8,9);2H,1,4H2,(H,5,6)(H,7,8,9)/q2*+1;;;/p-2. The molecule has 1 aliphatic rings. The van der Waals surface area contributed by atoms with Gasteiger partial charge in [0, 0.05) is 0 Å². The molecular formula is C47H89N3O13S2. The number of hydrogen-bond donors (Lipinski definition) is 3. The summed E-state index contributed by atoms with van der Waals surface area (Å²) in [4.78, 5) is 41.5. The number of carboxylic acids is 2. The number of benzene rings is 1. The Morgan fingerprint density at radius 2 is 0.785 bits per heavy atom. The van der Waals surface area contributed by atoms with Crippen LogP contribution in [0.5, 0.6) is 0 Å². The number of fused-ring (bicyclic) bond motifs is 1. The molecule has 2 unspecified atom stereocenters. The Hall–Kier alpha value is -3.00. The molecule has 2 atom stereocenters. The highest BCUT2D eigenvalue weighted by Crippen LogP contribution is 2.19. The molecule has 0 saturated heterocycles. The monoisotopic (exact) mass is 968 g/mol. The molecule has 1 aromatic rings. The Kier molecular flexibility index (Phi) is 38.8.